The summed E-state index contributed by atoms with van der Waals surface area (Å²) in [7, 11) is 0. The van der Waals surface area contributed by atoms with E-state index < -0.39 is 11.2 Å². The minimum atomic E-state index is -1.19. The second-order valence-corrected chi connectivity index (χ2v) is 10.7. The zero-order valence-electron chi connectivity index (χ0n) is 22.5. The van der Waals surface area contributed by atoms with E-state index in [0.29, 0.717) is 16.3 Å². The molecule has 0 bridgehead atoms. The number of anilines is 1. The first-order valence-corrected chi connectivity index (χ1v) is 14.7. The third kappa shape index (κ3) is 8.34. The van der Waals surface area contributed by atoms with Crippen molar-refractivity contribution in [2.45, 2.75) is 50.3 Å². The van der Waals surface area contributed by atoms with E-state index in [4.69, 9.17) is 4.74 Å². The maximum atomic E-state index is 12.8. The first-order chi connectivity index (χ1) is 19.1. The Morgan fingerprint density at radius 2 is 1.82 bits per heavy atom. The van der Waals surface area contributed by atoms with E-state index in [2.05, 4.69) is 24.1 Å². The molecule has 7 heteroatoms. The summed E-state index contributed by atoms with van der Waals surface area (Å²) in [4.78, 5) is 17.4. The molecule has 1 atom stereocenters. The lowest BCUT2D eigenvalue weighted by molar-refractivity contribution is -0.111. The summed E-state index contributed by atoms with van der Waals surface area (Å²) in [6, 6.07) is 23.3. The van der Waals surface area contributed by atoms with Crippen LogP contribution in [0.5, 0.6) is 5.75 Å². The maximum absolute atomic E-state index is 12.8. The predicted molar refractivity (Wildman–Crippen MR) is 159 cm³/mol. The molecule has 0 unspecified atom stereocenters. The zero-order valence-corrected chi connectivity index (χ0v) is 23.3. The smallest absolute Gasteiger partial charge is 0.248 e. The van der Waals surface area contributed by atoms with Crippen LogP contribution in [-0.4, -0.2) is 26.6 Å². The summed E-state index contributed by atoms with van der Waals surface area (Å²) in [6.07, 6.45) is 10.0. The number of carbonyl (C=O) groups is 1. The van der Waals surface area contributed by atoms with Crippen LogP contribution < -0.4 is 10.1 Å². The molecule has 0 spiro atoms. The van der Waals surface area contributed by atoms with Crippen molar-refractivity contribution in [1.29, 1.82) is 0 Å². The molecule has 0 saturated heterocycles. The fourth-order valence-electron chi connectivity index (χ4n) is 4.07. The molecular formula is C32H35N3O3S. The number of rotatable bonds is 13. The minimum Gasteiger partial charge on any atom is -0.611 e. The summed E-state index contributed by atoms with van der Waals surface area (Å²) >= 11 is -1.19. The van der Waals surface area contributed by atoms with Gasteiger partial charge in [-0.3, -0.25) is 4.79 Å². The second kappa shape index (κ2) is 14.4. The normalized spacial score (nSPS) is 12.0. The fourth-order valence-corrected chi connectivity index (χ4v) is 5.19. The highest BCUT2D eigenvalue weighted by Crippen LogP contribution is 2.24. The van der Waals surface area contributed by atoms with E-state index in [-0.39, 0.29) is 5.91 Å². The highest BCUT2D eigenvalue weighted by molar-refractivity contribution is 7.90. The molecule has 0 radical (unpaired) electrons. The lowest BCUT2D eigenvalue weighted by Crippen LogP contribution is -2.11. The highest BCUT2D eigenvalue weighted by Gasteiger charge is 2.15. The Labute approximate surface area is 233 Å². The lowest BCUT2D eigenvalue weighted by Gasteiger charge is -2.12. The number of carbonyl (C=O) groups excluding carboxylic acids is 1. The van der Waals surface area contributed by atoms with Gasteiger partial charge in [-0.1, -0.05) is 50.6 Å². The molecule has 1 heterocycles. The average Bonchev–Trinajstić information content (AvgIpc) is 3.39. The van der Waals surface area contributed by atoms with E-state index in [1.165, 1.54) is 6.08 Å². The van der Waals surface area contributed by atoms with E-state index >= 15 is 0 Å². The van der Waals surface area contributed by atoms with Crippen LogP contribution in [0.15, 0.2) is 96.3 Å². The Hall–Kier alpha value is -3.81. The third-order valence-electron chi connectivity index (χ3n) is 6.19. The summed E-state index contributed by atoms with van der Waals surface area (Å²) in [5.41, 5.74) is 4.69. The van der Waals surface area contributed by atoms with Gasteiger partial charge in [-0.25, -0.2) is 4.98 Å². The number of hydrogen-bond donors (Lipinski definition) is 1. The van der Waals surface area contributed by atoms with Crippen LogP contribution in [0.4, 0.5) is 5.69 Å². The van der Waals surface area contributed by atoms with E-state index in [0.717, 1.165) is 60.5 Å². The van der Waals surface area contributed by atoms with Gasteiger partial charge in [0.2, 0.25) is 5.91 Å². The molecule has 0 saturated carbocycles. The molecule has 1 N–H and O–H groups in total. The Morgan fingerprint density at radius 3 is 2.56 bits per heavy atom. The number of nitrogens with one attached hydrogen (secondary N) is 1. The molecule has 0 fully saturated rings. The van der Waals surface area contributed by atoms with Crippen molar-refractivity contribution >= 4 is 28.8 Å². The summed E-state index contributed by atoms with van der Waals surface area (Å²) in [6.45, 7) is 5.84. The minimum absolute atomic E-state index is 0.230. The van der Waals surface area contributed by atoms with E-state index in [9.17, 15) is 9.35 Å². The number of ether oxygens (including phenoxy) is 1. The van der Waals surface area contributed by atoms with Crippen LogP contribution in [0.2, 0.25) is 0 Å². The molecule has 39 heavy (non-hydrogen) atoms. The number of benzene rings is 3. The van der Waals surface area contributed by atoms with Crippen molar-refractivity contribution in [2.24, 2.45) is 0 Å². The first-order valence-electron chi connectivity index (χ1n) is 13.4. The fraction of sp³-hybridized carbons (Fsp3) is 0.250. The summed E-state index contributed by atoms with van der Waals surface area (Å²) in [5.74, 6) is 1.05. The predicted octanol–water partition coefficient (Wildman–Crippen LogP) is 7.10. The molecule has 0 aliphatic rings. The first kappa shape index (κ1) is 28.2. The quantitative estimate of drug-likeness (QED) is 0.111. The van der Waals surface area contributed by atoms with Gasteiger partial charge in [-0.2, -0.15) is 0 Å². The van der Waals surface area contributed by atoms with Gasteiger partial charge >= 0.3 is 0 Å². The molecule has 4 aromatic rings. The van der Waals surface area contributed by atoms with Crippen LogP contribution in [0, 0.1) is 0 Å². The van der Waals surface area contributed by atoms with Crippen LogP contribution in [0.3, 0.4) is 0 Å². The molecule has 3 aromatic carbocycles. The van der Waals surface area contributed by atoms with Crippen LogP contribution in [0.25, 0.3) is 17.2 Å². The number of unbranched alkanes of at least 4 members (excludes halogenated alkanes) is 1. The van der Waals surface area contributed by atoms with Gasteiger partial charge in [-0.15, -0.1) is 0 Å². The highest BCUT2D eigenvalue weighted by atomic mass is 32.2. The van der Waals surface area contributed by atoms with Gasteiger partial charge in [0, 0.05) is 18.3 Å². The maximum Gasteiger partial charge on any atom is 0.248 e. The van der Waals surface area contributed by atoms with E-state index in [1.807, 2.05) is 53.1 Å². The molecule has 0 aliphatic heterocycles. The molecule has 202 valence electrons. The van der Waals surface area contributed by atoms with Gasteiger partial charge in [0.15, 0.2) is 10.6 Å². The Morgan fingerprint density at radius 1 is 1.03 bits per heavy atom. The standard InChI is InChI=1S/C32H35N3O3S/c1-3-5-20-38-30-14-10-26(11-15-30)27-8-6-7-25(21-27)9-18-32(36)34-28-12-16-31(17-13-28)39(37)23-29-22-33-24-35(29)19-4-2/h6-18,21-22,24H,3-5,19-20,23H2,1-2H3,(H,34,36)/b18-9+/t39-/m1/s1. The topological polar surface area (TPSA) is 79.2 Å². The SMILES string of the molecule is CCCCOc1ccc(-c2cccc(/C=C/C(=O)Nc3ccc([S@+]([O-])Cc4cncn4CCC)cc3)c2)cc1. The summed E-state index contributed by atoms with van der Waals surface area (Å²) in [5, 5.41) is 2.87. The van der Waals surface area contributed by atoms with Gasteiger partial charge < -0.3 is 19.2 Å². The Kier molecular flexibility index (Phi) is 10.4. The third-order valence-corrected chi connectivity index (χ3v) is 7.55. The largest absolute Gasteiger partial charge is 0.611 e. The molecule has 1 aromatic heterocycles. The van der Waals surface area contributed by atoms with Crippen molar-refractivity contribution in [3.05, 3.63) is 103 Å². The molecule has 4 rings (SSSR count). The number of nitrogens with zero attached hydrogens (tertiary/aromatic N) is 2. The van der Waals surface area contributed by atoms with Crippen molar-refractivity contribution in [1.82, 2.24) is 9.55 Å². The number of aromatic nitrogens is 2. The van der Waals surface area contributed by atoms with Crippen molar-refractivity contribution in [3.8, 4) is 16.9 Å². The van der Waals surface area contributed by atoms with Crippen LogP contribution in [0.1, 0.15) is 44.4 Å². The van der Waals surface area contributed by atoms with Crippen molar-refractivity contribution in [2.75, 3.05) is 11.9 Å². The van der Waals surface area contributed by atoms with Gasteiger partial charge in [0.05, 0.1) is 24.8 Å². The lowest BCUT2D eigenvalue weighted by atomic mass is 10.0. The van der Waals surface area contributed by atoms with Crippen LogP contribution >= 0.6 is 0 Å². The average molecular weight is 542 g/mol. The molecule has 1 amide bonds. The number of hydrogen-bond acceptors (Lipinski definition) is 4. The molecular weight excluding hydrogens is 506 g/mol. The van der Waals surface area contributed by atoms with Gasteiger partial charge in [0.25, 0.3) is 0 Å². The van der Waals surface area contributed by atoms with Crippen molar-refractivity contribution < 1.29 is 14.1 Å². The molecule has 6 nitrogen and oxygen atoms in total. The second-order valence-electron chi connectivity index (χ2n) is 9.27. The van der Waals surface area contributed by atoms with Gasteiger partial charge in [0.1, 0.15) is 5.75 Å². The molecule has 0 aliphatic carbocycles. The van der Waals surface area contributed by atoms with E-state index in [1.54, 1.807) is 42.9 Å². The number of aryl methyl sites for hydroxylation is 1. The number of amides is 1. The van der Waals surface area contributed by atoms with Crippen molar-refractivity contribution in [3.63, 3.8) is 0 Å². The Bertz CT molecular complexity index is 1360. The Balaban J connectivity index is 1.32. The number of imidazole rings is 1. The van der Waals surface area contributed by atoms with Gasteiger partial charge in [-0.05, 0) is 89.2 Å². The summed E-state index contributed by atoms with van der Waals surface area (Å²) < 4.78 is 20.6. The monoisotopic (exact) mass is 541 g/mol. The van der Waals surface area contributed by atoms with Crippen LogP contribution in [-0.2, 0) is 28.3 Å². The zero-order chi connectivity index (χ0) is 27.5.